The summed E-state index contributed by atoms with van der Waals surface area (Å²) in [6.07, 6.45) is 2.70. The molecule has 0 radical (unpaired) electrons. The molecule has 0 spiro atoms. The summed E-state index contributed by atoms with van der Waals surface area (Å²) in [5.74, 6) is -0.169. The van der Waals surface area contributed by atoms with Gasteiger partial charge < -0.3 is 5.32 Å². The Kier molecular flexibility index (Phi) is 3.88. The summed E-state index contributed by atoms with van der Waals surface area (Å²) in [7, 11) is 1.59. The van der Waals surface area contributed by atoms with E-state index in [2.05, 4.69) is 15.3 Å². The van der Waals surface area contributed by atoms with Crippen LogP contribution in [-0.4, -0.2) is 29.2 Å². The van der Waals surface area contributed by atoms with E-state index < -0.39 is 0 Å². The molecular weight excluding hydrogens is 198 g/mol. The number of hydrogen-bond acceptors (Lipinski definition) is 4. The first-order valence-corrected chi connectivity index (χ1v) is 5.57. The highest BCUT2D eigenvalue weighted by atomic mass is 32.2. The molecule has 1 aromatic heterocycles. The van der Waals surface area contributed by atoms with Gasteiger partial charge in [-0.2, -0.15) is 0 Å². The Hall–Kier alpha value is -1.10. The molecule has 4 nitrogen and oxygen atoms in total. The van der Waals surface area contributed by atoms with Crippen LogP contribution >= 0.6 is 11.8 Å². The predicted molar refractivity (Wildman–Crippen MR) is 56.6 cm³/mol. The van der Waals surface area contributed by atoms with E-state index in [0.29, 0.717) is 10.9 Å². The highest BCUT2D eigenvalue weighted by molar-refractivity contribution is 7.98. The van der Waals surface area contributed by atoms with Crippen molar-refractivity contribution in [2.24, 2.45) is 0 Å². The van der Waals surface area contributed by atoms with Crippen LogP contribution in [0.4, 0.5) is 0 Å². The van der Waals surface area contributed by atoms with Crippen LogP contribution in [0.5, 0.6) is 0 Å². The molecule has 0 atom stereocenters. The van der Waals surface area contributed by atoms with Gasteiger partial charge in [0.05, 0.1) is 0 Å². The third-order valence-corrected chi connectivity index (χ3v) is 2.31. The summed E-state index contributed by atoms with van der Waals surface area (Å²) >= 11 is 1.44. The van der Waals surface area contributed by atoms with Crippen molar-refractivity contribution in [1.82, 2.24) is 15.3 Å². The van der Waals surface area contributed by atoms with Gasteiger partial charge in [0.2, 0.25) is 0 Å². The normalized spacial score (nSPS) is 9.93. The Morgan fingerprint density at radius 1 is 1.57 bits per heavy atom. The summed E-state index contributed by atoms with van der Waals surface area (Å²) in [4.78, 5) is 19.7. The standard InChI is InChI=1S/C9H13N3OS/c1-4-6-5-7(8(13)10-2)12-9(11-6)14-3/h5H,4H2,1-3H3,(H,10,13). The fourth-order valence-electron chi connectivity index (χ4n) is 0.990. The maximum Gasteiger partial charge on any atom is 0.269 e. The average Bonchev–Trinajstić information content (AvgIpc) is 2.27. The second kappa shape index (κ2) is 4.95. The van der Waals surface area contributed by atoms with E-state index in [1.54, 1.807) is 13.1 Å². The summed E-state index contributed by atoms with van der Waals surface area (Å²) < 4.78 is 0. The van der Waals surface area contributed by atoms with Crippen molar-refractivity contribution in [3.05, 3.63) is 17.5 Å². The number of nitrogens with zero attached hydrogens (tertiary/aromatic N) is 2. The Labute approximate surface area is 87.5 Å². The third-order valence-electron chi connectivity index (χ3n) is 1.76. The molecule has 0 bridgehead atoms. The maximum atomic E-state index is 11.3. The lowest BCUT2D eigenvalue weighted by Crippen LogP contribution is -2.20. The second-order valence-electron chi connectivity index (χ2n) is 2.66. The van der Waals surface area contributed by atoms with Crippen molar-refractivity contribution >= 4 is 17.7 Å². The number of aromatic nitrogens is 2. The number of thioether (sulfide) groups is 1. The van der Waals surface area contributed by atoms with Crippen molar-refractivity contribution in [3.63, 3.8) is 0 Å². The molecule has 0 aromatic carbocycles. The maximum absolute atomic E-state index is 11.3. The minimum absolute atomic E-state index is 0.169. The van der Waals surface area contributed by atoms with Crippen molar-refractivity contribution < 1.29 is 4.79 Å². The van der Waals surface area contributed by atoms with Crippen LogP contribution in [0.1, 0.15) is 23.1 Å². The van der Waals surface area contributed by atoms with Gasteiger partial charge in [-0.3, -0.25) is 4.79 Å². The van der Waals surface area contributed by atoms with Crippen molar-refractivity contribution in [3.8, 4) is 0 Å². The fraction of sp³-hybridized carbons (Fsp3) is 0.444. The molecule has 0 saturated carbocycles. The Morgan fingerprint density at radius 2 is 2.29 bits per heavy atom. The molecule has 0 unspecified atom stereocenters. The first-order valence-electron chi connectivity index (χ1n) is 4.35. The van der Waals surface area contributed by atoms with Gasteiger partial charge >= 0.3 is 0 Å². The summed E-state index contributed by atoms with van der Waals surface area (Å²) in [5.41, 5.74) is 1.33. The molecule has 1 rings (SSSR count). The molecule has 5 heteroatoms. The molecule has 0 fully saturated rings. The molecule has 0 aliphatic rings. The molecule has 1 aromatic rings. The molecule has 0 aliphatic heterocycles. The number of carbonyl (C=O) groups is 1. The van der Waals surface area contributed by atoms with Gasteiger partial charge in [-0.1, -0.05) is 18.7 Å². The van der Waals surface area contributed by atoms with E-state index in [1.807, 2.05) is 13.2 Å². The number of hydrogen-bond donors (Lipinski definition) is 1. The van der Waals surface area contributed by atoms with E-state index in [0.717, 1.165) is 12.1 Å². The minimum Gasteiger partial charge on any atom is -0.354 e. The fourth-order valence-corrected chi connectivity index (χ4v) is 1.39. The minimum atomic E-state index is -0.169. The zero-order valence-corrected chi connectivity index (χ0v) is 9.31. The largest absolute Gasteiger partial charge is 0.354 e. The predicted octanol–water partition coefficient (Wildman–Crippen LogP) is 1.12. The highest BCUT2D eigenvalue weighted by Gasteiger charge is 2.08. The van der Waals surface area contributed by atoms with Crippen LogP contribution in [0.2, 0.25) is 0 Å². The van der Waals surface area contributed by atoms with Gasteiger partial charge in [-0.15, -0.1) is 0 Å². The topological polar surface area (TPSA) is 54.9 Å². The molecule has 1 amide bonds. The van der Waals surface area contributed by atoms with Crippen LogP contribution < -0.4 is 5.32 Å². The zero-order valence-electron chi connectivity index (χ0n) is 8.50. The van der Waals surface area contributed by atoms with Crippen LogP contribution in [0.25, 0.3) is 0 Å². The van der Waals surface area contributed by atoms with Crippen molar-refractivity contribution in [1.29, 1.82) is 0 Å². The van der Waals surface area contributed by atoms with Gasteiger partial charge in [0.25, 0.3) is 5.91 Å². The number of nitrogens with one attached hydrogen (secondary N) is 1. The van der Waals surface area contributed by atoms with Gasteiger partial charge in [0.1, 0.15) is 5.69 Å². The van der Waals surface area contributed by atoms with E-state index in [1.165, 1.54) is 11.8 Å². The Bertz CT molecular complexity index is 319. The van der Waals surface area contributed by atoms with E-state index in [9.17, 15) is 4.79 Å². The van der Waals surface area contributed by atoms with E-state index in [4.69, 9.17) is 0 Å². The van der Waals surface area contributed by atoms with E-state index in [-0.39, 0.29) is 5.91 Å². The van der Waals surface area contributed by atoms with Gasteiger partial charge in [-0.05, 0) is 18.7 Å². The SMILES string of the molecule is CCc1cc(C(=O)NC)nc(SC)n1. The van der Waals surface area contributed by atoms with Crippen LogP contribution in [0.3, 0.4) is 0 Å². The molecular formula is C9H13N3OS. The quantitative estimate of drug-likeness (QED) is 0.601. The second-order valence-corrected chi connectivity index (χ2v) is 3.44. The number of aryl methyl sites for hydroxylation is 1. The molecule has 1 heterocycles. The van der Waals surface area contributed by atoms with Gasteiger partial charge in [0.15, 0.2) is 5.16 Å². The first kappa shape index (κ1) is 11.0. The number of amides is 1. The summed E-state index contributed by atoms with van der Waals surface area (Å²) in [5, 5.41) is 3.19. The number of rotatable bonds is 3. The average molecular weight is 211 g/mol. The lowest BCUT2D eigenvalue weighted by molar-refractivity contribution is 0.0957. The van der Waals surface area contributed by atoms with E-state index >= 15 is 0 Å². The third kappa shape index (κ3) is 2.45. The molecule has 0 aliphatic carbocycles. The Morgan fingerprint density at radius 3 is 2.79 bits per heavy atom. The van der Waals surface area contributed by atoms with Crippen molar-refractivity contribution in [2.75, 3.05) is 13.3 Å². The lowest BCUT2D eigenvalue weighted by atomic mass is 10.2. The number of carbonyl (C=O) groups excluding carboxylic acids is 1. The molecule has 14 heavy (non-hydrogen) atoms. The van der Waals surface area contributed by atoms with Crippen molar-refractivity contribution in [2.45, 2.75) is 18.5 Å². The molecule has 76 valence electrons. The first-order chi connectivity index (χ1) is 6.71. The highest BCUT2D eigenvalue weighted by Crippen LogP contribution is 2.11. The Balaban J connectivity index is 3.10. The van der Waals surface area contributed by atoms with Crippen LogP contribution in [0, 0.1) is 0 Å². The molecule has 1 N–H and O–H groups in total. The summed E-state index contributed by atoms with van der Waals surface area (Å²) in [6.45, 7) is 2.00. The zero-order chi connectivity index (χ0) is 10.6. The monoisotopic (exact) mass is 211 g/mol. The van der Waals surface area contributed by atoms with Gasteiger partial charge in [-0.25, -0.2) is 9.97 Å². The summed E-state index contributed by atoms with van der Waals surface area (Å²) in [6, 6.07) is 1.72. The van der Waals surface area contributed by atoms with Crippen LogP contribution in [-0.2, 0) is 6.42 Å². The van der Waals surface area contributed by atoms with Crippen LogP contribution in [0.15, 0.2) is 11.2 Å². The smallest absolute Gasteiger partial charge is 0.269 e. The van der Waals surface area contributed by atoms with Gasteiger partial charge in [0, 0.05) is 12.7 Å². The lowest BCUT2D eigenvalue weighted by Gasteiger charge is -2.03. The molecule has 0 saturated heterocycles.